The van der Waals surface area contributed by atoms with Gasteiger partial charge < -0.3 is 0 Å². The van der Waals surface area contributed by atoms with Crippen LogP contribution in [0, 0.1) is 11.3 Å². The van der Waals surface area contributed by atoms with E-state index in [1.807, 2.05) is 13.8 Å². The van der Waals surface area contributed by atoms with E-state index < -0.39 is 0 Å². The highest BCUT2D eigenvalue weighted by molar-refractivity contribution is 5.80. The van der Waals surface area contributed by atoms with Crippen molar-refractivity contribution in [2.45, 2.75) is 41.0 Å². The van der Waals surface area contributed by atoms with Crippen LogP contribution >= 0.6 is 0 Å². The average molecular weight is 142 g/mol. The molecule has 0 bridgehead atoms. The minimum Gasteiger partial charge on any atom is -0.299 e. The van der Waals surface area contributed by atoms with Gasteiger partial charge in [-0.25, -0.2) is 0 Å². The van der Waals surface area contributed by atoms with Gasteiger partial charge in [-0.1, -0.05) is 34.6 Å². The minimum absolute atomic E-state index is 0.132. The normalized spacial score (nSPS) is 14.9. The van der Waals surface area contributed by atoms with Gasteiger partial charge in [0.2, 0.25) is 0 Å². The fourth-order valence-electron chi connectivity index (χ4n) is 0.789. The summed E-state index contributed by atoms with van der Waals surface area (Å²) in [5.74, 6) is 0.560. The Hall–Kier alpha value is -0.330. The molecule has 1 unspecified atom stereocenters. The summed E-state index contributed by atoms with van der Waals surface area (Å²) in [6.45, 7) is 10.2. The maximum Gasteiger partial charge on any atom is 0.135 e. The molecule has 0 aromatic rings. The third kappa shape index (κ3) is 2.51. The van der Waals surface area contributed by atoms with Crippen LogP contribution in [-0.2, 0) is 4.79 Å². The zero-order valence-electron chi connectivity index (χ0n) is 7.69. The molecule has 0 amide bonds. The van der Waals surface area contributed by atoms with E-state index in [0.29, 0.717) is 12.2 Å². The van der Waals surface area contributed by atoms with Crippen molar-refractivity contribution in [2.75, 3.05) is 0 Å². The van der Waals surface area contributed by atoms with Crippen molar-refractivity contribution >= 4 is 5.78 Å². The van der Waals surface area contributed by atoms with Crippen LogP contribution in [0.25, 0.3) is 0 Å². The molecule has 0 fully saturated rings. The topological polar surface area (TPSA) is 17.1 Å². The molecule has 0 spiro atoms. The smallest absolute Gasteiger partial charge is 0.135 e. The van der Waals surface area contributed by atoms with Gasteiger partial charge in [0.1, 0.15) is 5.78 Å². The lowest BCUT2D eigenvalue weighted by molar-refractivity contribution is -0.124. The van der Waals surface area contributed by atoms with Gasteiger partial charge >= 0.3 is 0 Å². The quantitative estimate of drug-likeness (QED) is 0.579. The summed E-state index contributed by atoms with van der Waals surface area (Å²) in [5, 5.41) is 0. The van der Waals surface area contributed by atoms with E-state index in [-0.39, 0.29) is 11.3 Å². The largest absolute Gasteiger partial charge is 0.299 e. The molecule has 1 atom stereocenters. The molecule has 0 aliphatic rings. The van der Waals surface area contributed by atoms with E-state index in [1.54, 1.807) is 0 Å². The predicted octanol–water partition coefficient (Wildman–Crippen LogP) is 2.65. The van der Waals surface area contributed by atoms with Gasteiger partial charge in [0.05, 0.1) is 0 Å². The lowest BCUT2D eigenvalue weighted by Gasteiger charge is -2.25. The SMILES string of the molecule is CCC(=O)C(C)C(C)(C)C. The Labute approximate surface area is 63.8 Å². The Morgan fingerprint density at radius 3 is 1.90 bits per heavy atom. The van der Waals surface area contributed by atoms with Crippen LogP contribution in [0.15, 0.2) is 0 Å². The Morgan fingerprint density at radius 2 is 1.80 bits per heavy atom. The molecule has 0 aromatic heterocycles. The second kappa shape index (κ2) is 3.18. The van der Waals surface area contributed by atoms with Gasteiger partial charge in [-0.2, -0.15) is 0 Å². The number of rotatable bonds is 2. The first-order valence-electron chi connectivity index (χ1n) is 3.92. The van der Waals surface area contributed by atoms with Crippen molar-refractivity contribution < 1.29 is 4.79 Å². The first-order chi connectivity index (χ1) is 4.39. The van der Waals surface area contributed by atoms with Crippen molar-refractivity contribution in [3.8, 4) is 0 Å². The molecular weight excluding hydrogens is 124 g/mol. The monoisotopic (exact) mass is 142 g/mol. The number of carbonyl (C=O) groups is 1. The number of hydrogen-bond acceptors (Lipinski definition) is 1. The maximum absolute atomic E-state index is 11.2. The molecule has 0 aliphatic carbocycles. The fraction of sp³-hybridized carbons (Fsp3) is 0.889. The van der Waals surface area contributed by atoms with Gasteiger partial charge in [-0.05, 0) is 5.41 Å². The van der Waals surface area contributed by atoms with Crippen LogP contribution in [0.2, 0.25) is 0 Å². The Morgan fingerprint density at radius 1 is 1.40 bits per heavy atom. The Kier molecular flexibility index (Phi) is 3.07. The highest BCUT2D eigenvalue weighted by Crippen LogP contribution is 2.26. The van der Waals surface area contributed by atoms with Crippen LogP contribution < -0.4 is 0 Å². The number of hydrogen-bond donors (Lipinski definition) is 0. The van der Waals surface area contributed by atoms with Crippen LogP contribution in [0.4, 0.5) is 0 Å². The molecule has 0 saturated carbocycles. The molecule has 60 valence electrons. The zero-order valence-corrected chi connectivity index (χ0v) is 7.69. The van der Waals surface area contributed by atoms with Gasteiger partial charge in [0, 0.05) is 12.3 Å². The van der Waals surface area contributed by atoms with Crippen LogP contribution in [-0.4, -0.2) is 5.78 Å². The highest BCUT2D eigenvalue weighted by Gasteiger charge is 2.24. The van der Waals surface area contributed by atoms with E-state index in [0.717, 1.165) is 0 Å². The number of carbonyl (C=O) groups excluding carboxylic acids is 1. The van der Waals surface area contributed by atoms with E-state index >= 15 is 0 Å². The third-order valence-electron chi connectivity index (χ3n) is 2.13. The molecule has 0 aromatic carbocycles. The predicted molar refractivity (Wildman–Crippen MR) is 43.9 cm³/mol. The molecule has 1 nitrogen and oxygen atoms in total. The summed E-state index contributed by atoms with van der Waals surface area (Å²) in [5.41, 5.74) is 0.132. The summed E-state index contributed by atoms with van der Waals surface area (Å²) in [6.07, 6.45) is 0.665. The lowest BCUT2D eigenvalue weighted by atomic mass is 9.79. The molecule has 0 rings (SSSR count). The second-order valence-electron chi connectivity index (χ2n) is 3.91. The fourth-order valence-corrected chi connectivity index (χ4v) is 0.789. The van der Waals surface area contributed by atoms with E-state index in [2.05, 4.69) is 20.8 Å². The first-order valence-corrected chi connectivity index (χ1v) is 3.92. The summed E-state index contributed by atoms with van der Waals surface area (Å²) in [4.78, 5) is 11.2. The van der Waals surface area contributed by atoms with Crippen molar-refractivity contribution in [1.29, 1.82) is 0 Å². The number of Topliss-reactive ketones (excluding diaryl/α,β-unsaturated/α-hetero) is 1. The average Bonchev–Trinajstić information content (AvgIpc) is 1.83. The molecule has 0 radical (unpaired) electrons. The Bertz CT molecular complexity index is 119. The van der Waals surface area contributed by atoms with Crippen molar-refractivity contribution in [1.82, 2.24) is 0 Å². The summed E-state index contributed by atoms with van der Waals surface area (Å²) < 4.78 is 0. The van der Waals surface area contributed by atoms with E-state index in [1.165, 1.54) is 0 Å². The van der Waals surface area contributed by atoms with Crippen LogP contribution in [0.3, 0.4) is 0 Å². The van der Waals surface area contributed by atoms with E-state index in [9.17, 15) is 4.79 Å². The summed E-state index contributed by atoms with van der Waals surface area (Å²) in [7, 11) is 0. The molecule has 0 aliphatic heterocycles. The van der Waals surface area contributed by atoms with Crippen molar-refractivity contribution in [3.05, 3.63) is 0 Å². The second-order valence-corrected chi connectivity index (χ2v) is 3.91. The molecule has 1 heteroatoms. The maximum atomic E-state index is 11.2. The van der Waals surface area contributed by atoms with Crippen LogP contribution in [0.5, 0.6) is 0 Å². The van der Waals surface area contributed by atoms with Crippen molar-refractivity contribution in [2.24, 2.45) is 11.3 Å². The Balaban J connectivity index is 4.08. The van der Waals surface area contributed by atoms with Gasteiger partial charge in [0.25, 0.3) is 0 Å². The van der Waals surface area contributed by atoms with Gasteiger partial charge in [0.15, 0.2) is 0 Å². The molecular formula is C9H18O. The molecule has 0 saturated heterocycles. The molecule has 10 heavy (non-hydrogen) atoms. The zero-order chi connectivity index (χ0) is 8.36. The third-order valence-corrected chi connectivity index (χ3v) is 2.13. The minimum atomic E-state index is 0.132. The number of ketones is 1. The van der Waals surface area contributed by atoms with Crippen LogP contribution in [0.1, 0.15) is 41.0 Å². The van der Waals surface area contributed by atoms with Gasteiger partial charge in [-0.15, -0.1) is 0 Å². The highest BCUT2D eigenvalue weighted by atomic mass is 16.1. The summed E-state index contributed by atoms with van der Waals surface area (Å²) in [6, 6.07) is 0. The van der Waals surface area contributed by atoms with E-state index in [4.69, 9.17) is 0 Å². The standard InChI is InChI=1S/C9H18O/c1-6-8(10)7(2)9(3,4)5/h7H,6H2,1-5H3. The first kappa shape index (κ1) is 9.67. The van der Waals surface area contributed by atoms with Crippen molar-refractivity contribution in [3.63, 3.8) is 0 Å². The molecule has 0 heterocycles. The summed E-state index contributed by atoms with van der Waals surface area (Å²) >= 11 is 0. The molecule has 0 N–H and O–H groups in total. The lowest BCUT2D eigenvalue weighted by Crippen LogP contribution is -2.24. The van der Waals surface area contributed by atoms with Gasteiger partial charge in [-0.3, -0.25) is 4.79 Å².